The molecule has 0 aromatic carbocycles. The fraction of sp³-hybridized carbons (Fsp3) is 0. The van der Waals surface area contributed by atoms with Gasteiger partial charge in [0, 0.05) is 12.4 Å². The second-order valence-corrected chi connectivity index (χ2v) is 2.00. The number of nitrogens with zero attached hydrogens (tertiary/aromatic N) is 5. The first-order valence-electron chi connectivity index (χ1n) is 3.28. The van der Waals surface area contributed by atoms with Crippen LogP contribution >= 0.6 is 0 Å². The third kappa shape index (κ3) is 1.24. The van der Waals surface area contributed by atoms with Gasteiger partial charge in [0.1, 0.15) is 12.0 Å². The van der Waals surface area contributed by atoms with Crippen LogP contribution in [0.2, 0.25) is 0 Å². The van der Waals surface area contributed by atoms with Crippen LogP contribution in [0.25, 0.3) is 11.5 Å². The maximum Gasteiger partial charge on any atom is 0.201 e. The Hall–Kier alpha value is -1.91. The van der Waals surface area contributed by atoms with Gasteiger partial charge >= 0.3 is 0 Å². The molecule has 2 heterocycles. The molecule has 1 radical (unpaired) electrons. The molecular weight excluding hydrogens is 154 g/mol. The highest BCUT2D eigenvalue weighted by atomic mass is 15.0. The fourth-order valence-electron chi connectivity index (χ4n) is 0.752. The largest absolute Gasteiger partial charge is 0.261 e. The van der Waals surface area contributed by atoms with Gasteiger partial charge in [-0.25, -0.2) is 19.9 Å². The standard InChI is InChI=1S/C7H4N5/c1-2-10-6(3-8-1)7-11-4-9-5-12-7/h1-4H. The molecule has 0 amide bonds. The number of aromatic nitrogens is 5. The summed E-state index contributed by atoms with van der Waals surface area (Å²) in [6.45, 7) is 0. The summed E-state index contributed by atoms with van der Waals surface area (Å²) in [4.78, 5) is 19.2. The average molecular weight is 158 g/mol. The summed E-state index contributed by atoms with van der Waals surface area (Å²) in [7, 11) is 0. The van der Waals surface area contributed by atoms with E-state index in [1.165, 1.54) is 6.33 Å². The van der Waals surface area contributed by atoms with E-state index in [-0.39, 0.29) is 0 Å². The van der Waals surface area contributed by atoms with E-state index in [0.29, 0.717) is 11.5 Å². The smallest absolute Gasteiger partial charge is 0.201 e. The maximum absolute atomic E-state index is 4.01. The average Bonchev–Trinajstić information content (AvgIpc) is 2.21. The molecule has 0 spiro atoms. The van der Waals surface area contributed by atoms with E-state index in [9.17, 15) is 0 Å². The molecule has 0 aliphatic rings. The van der Waals surface area contributed by atoms with Crippen molar-refractivity contribution >= 4 is 0 Å². The zero-order chi connectivity index (χ0) is 8.23. The molecule has 12 heavy (non-hydrogen) atoms. The molecule has 2 aromatic rings. The number of hydrogen-bond donors (Lipinski definition) is 0. The van der Waals surface area contributed by atoms with Crippen LogP contribution in [0.3, 0.4) is 0 Å². The van der Waals surface area contributed by atoms with Gasteiger partial charge in [0.2, 0.25) is 6.33 Å². The molecule has 0 saturated carbocycles. The van der Waals surface area contributed by atoms with Crippen LogP contribution in [-0.2, 0) is 0 Å². The Labute approximate surface area is 68.6 Å². The van der Waals surface area contributed by atoms with Gasteiger partial charge in [0.25, 0.3) is 0 Å². The van der Waals surface area contributed by atoms with E-state index in [1.807, 2.05) is 0 Å². The molecule has 0 aliphatic carbocycles. The topological polar surface area (TPSA) is 64.5 Å². The van der Waals surface area contributed by atoms with Crippen molar-refractivity contribution in [1.29, 1.82) is 0 Å². The summed E-state index contributed by atoms with van der Waals surface area (Å²) < 4.78 is 0. The highest BCUT2D eigenvalue weighted by Crippen LogP contribution is 2.05. The molecule has 2 rings (SSSR count). The van der Waals surface area contributed by atoms with Crippen molar-refractivity contribution in [3.8, 4) is 11.5 Å². The second-order valence-electron chi connectivity index (χ2n) is 2.00. The maximum atomic E-state index is 4.01. The normalized spacial score (nSPS) is 9.67. The van der Waals surface area contributed by atoms with E-state index < -0.39 is 0 Å². The molecule has 0 aliphatic heterocycles. The van der Waals surface area contributed by atoms with E-state index in [4.69, 9.17) is 0 Å². The van der Waals surface area contributed by atoms with Gasteiger partial charge in [-0.2, -0.15) is 0 Å². The lowest BCUT2D eigenvalue weighted by molar-refractivity contribution is 1.02. The van der Waals surface area contributed by atoms with E-state index in [2.05, 4.69) is 31.2 Å². The van der Waals surface area contributed by atoms with Gasteiger partial charge in [-0.15, -0.1) is 0 Å². The van der Waals surface area contributed by atoms with Crippen molar-refractivity contribution in [2.45, 2.75) is 0 Å². The summed E-state index contributed by atoms with van der Waals surface area (Å²) in [6.07, 6.45) is 8.56. The molecule has 0 fully saturated rings. The Morgan fingerprint density at radius 1 is 1.17 bits per heavy atom. The molecule has 57 valence electrons. The van der Waals surface area contributed by atoms with Crippen molar-refractivity contribution < 1.29 is 0 Å². The van der Waals surface area contributed by atoms with E-state index in [0.717, 1.165) is 0 Å². The quantitative estimate of drug-likeness (QED) is 0.590. The summed E-state index contributed by atoms with van der Waals surface area (Å²) in [5.74, 6) is 0.484. The molecule has 0 bridgehead atoms. The molecule has 5 nitrogen and oxygen atoms in total. The first kappa shape index (κ1) is 6.78. The van der Waals surface area contributed by atoms with Crippen LogP contribution in [0.1, 0.15) is 0 Å². The number of hydrogen-bond acceptors (Lipinski definition) is 5. The van der Waals surface area contributed by atoms with E-state index >= 15 is 0 Å². The summed E-state index contributed by atoms with van der Waals surface area (Å²) in [6, 6.07) is 0. The summed E-state index contributed by atoms with van der Waals surface area (Å²) in [5, 5.41) is 0. The van der Waals surface area contributed by atoms with Crippen molar-refractivity contribution in [3.63, 3.8) is 0 Å². The van der Waals surface area contributed by atoms with Crippen molar-refractivity contribution in [3.05, 3.63) is 31.2 Å². The van der Waals surface area contributed by atoms with Crippen LogP contribution < -0.4 is 0 Å². The van der Waals surface area contributed by atoms with Crippen LogP contribution in [-0.4, -0.2) is 24.9 Å². The molecule has 5 heteroatoms. The Morgan fingerprint density at radius 3 is 2.83 bits per heavy atom. The van der Waals surface area contributed by atoms with Crippen LogP contribution in [0, 0.1) is 6.33 Å². The van der Waals surface area contributed by atoms with Crippen LogP contribution in [0.5, 0.6) is 0 Å². The van der Waals surface area contributed by atoms with Gasteiger partial charge in [-0.1, -0.05) is 0 Å². The lowest BCUT2D eigenvalue weighted by Gasteiger charge is -1.93. The zero-order valence-electron chi connectivity index (χ0n) is 6.05. The summed E-state index contributed by atoms with van der Waals surface area (Å²) in [5.41, 5.74) is 0.621. The highest BCUT2D eigenvalue weighted by Gasteiger charge is 1.99. The van der Waals surface area contributed by atoms with E-state index in [1.54, 1.807) is 18.6 Å². The minimum atomic E-state index is 0.484. The van der Waals surface area contributed by atoms with Crippen LogP contribution in [0.15, 0.2) is 24.9 Å². The molecule has 2 aromatic heterocycles. The lowest BCUT2D eigenvalue weighted by atomic mass is 10.4. The SMILES string of the molecule is [c]1ncnc(-c2cnccn2)n1. The Morgan fingerprint density at radius 2 is 2.17 bits per heavy atom. The fourth-order valence-corrected chi connectivity index (χ4v) is 0.752. The third-order valence-electron chi connectivity index (χ3n) is 1.24. The van der Waals surface area contributed by atoms with Gasteiger partial charge in [0.15, 0.2) is 5.82 Å². The monoisotopic (exact) mass is 158 g/mol. The first-order valence-corrected chi connectivity index (χ1v) is 3.28. The number of rotatable bonds is 1. The lowest BCUT2D eigenvalue weighted by Crippen LogP contribution is -1.91. The second kappa shape index (κ2) is 3.00. The highest BCUT2D eigenvalue weighted by molar-refractivity contribution is 5.44. The molecule has 0 N–H and O–H groups in total. The Bertz CT molecular complexity index is 309. The van der Waals surface area contributed by atoms with Gasteiger partial charge in [-0.3, -0.25) is 4.98 Å². The summed E-state index contributed by atoms with van der Waals surface area (Å²) >= 11 is 0. The zero-order valence-corrected chi connectivity index (χ0v) is 6.05. The third-order valence-corrected chi connectivity index (χ3v) is 1.24. The van der Waals surface area contributed by atoms with Gasteiger partial charge < -0.3 is 0 Å². The van der Waals surface area contributed by atoms with Crippen molar-refractivity contribution in [2.24, 2.45) is 0 Å². The van der Waals surface area contributed by atoms with Crippen molar-refractivity contribution in [2.75, 3.05) is 0 Å². The Kier molecular flexibility index (Phi) is 1.69. The van der Waals surface area contributed by atoms with Crippen molar-refractivity contribution in [1.82, 2.24) is 24.9 Å². The molecular formula is C7H4N5. The molecule has 0 unspecified atom stereocenters. The minimum absolute atomic E-state index is 0.484. The van der Waals surface area contributed by atoms with Gasteiger partial charge in [0.05, 0.1) is 6.20 Å². The predicted octanol–water partition coefficient (Wildman–Crippen LogP) is 0.129. The molecule has 0 atom stereocenters. The first-order chi connectivity index (χ1) is 5.97. The Balaban J connectivity index is 2.46. The van der Waals surface area contributed by atoms with Crippen LogP contribution in [0.4, 0.5) is 0 Å². The molecule has 0 saturated heterocycles. The predicted molar refractivity (Wildman–Crippen MR) is 39.7 cm³/mol. The minimum Gasteiger partial charge on any atom is -0.261 e. The van der Waals surface area contributed by atoms with Gasteiger partial charge in [-0.05, 0) is 0 Å².